The molecule has 0 unspecified atom stereocenters. The van der Waals surface area contributed by atoms with Crippen LogP contribution in [0.2, 0.25) is 0 Å². The maximum atomic E-state index is 11.9. The van der Waals surface area contributed by atoms with Crippen molar-refractivity contribution in [3.63, 3.8) is 0 Å². The quantitative estimate of drug-likeness (QED) is 0.542. The molecule has 1 aromatic rings. The average Bonchev–Trinajstić information content (AvgIpc) is 2.92. The third-order valence-corrected chi connectivity index (χ3v) is 3.94. The summed E-state index contributed by atoms with van der Waals surface area (Å²) in [5.74, 6) is 0.714. The molecule has 0 aliphatic heterocycles. The van der Waals surface area contributed by atoms with Crippen molar-refractivity contribution in [3.8, 4) is 0 Å². The zero-order valence-electron chi connectivity index (χ0n) is 15.5. The minimum Gasteiger partial charge on any atom is -0.444 e. The lowest BCUT2D eigenvalue weighted by Crippen LogP contribution is -2.54. The second kappa shape index (κ2) is 8.92. The predicted molar refractivity (Wildman–Crippen MR) is 101 cm³/mol. The summed E-state index contributed by atoms with van der Waals surface area (Å²) in [6.07, 6.45) is 0.535. The fourth-order valence-electron chi connectivity index (χ4n) is 1.91. The summed E-state index contributed by atoms with van der Waals surface area (Å²) in [6.45, 7) is 10.7. The van der Waals surface area contributed by atoms with Crippen LogP contribution in [0.1, 0.15) is 39.5 Å². The van der Waals surface area contributed by atoms with Crippen LogP contribution in [0.5, 0.6) is 0 Å². The number of guanidine groups is 1. The van der Waals surface area contributed by atoms with Crippen molar-refractivity contribution in [3.05, 3.63) is 22.4 Å². The van der Waals surface area contributed by atoms with Gasteiger partial charge in [0.15, 0.2) is 5.96 Å². The van der Waals surface area contributed by atoms with E-state index in [4.69, 9.17) is 4.74 Å². The molecule has 0 bridgehead atoms. The molecular weight excluding hydrogens is 324 g/mol. The van der Waals surface area contributed by atoms with Gasteiger partial charge in [-0.25, -0.2) is 4.79 Å². The number of carbonyl (C=O) groups excluding carboxylic acids is 1. The summed E-state index contributed by atoms with van der Waals surface area (Å²) in [5, 5.41) is 11.4. The van der Waals surface area contributed by atoms with Crippen LogP contribution >= 0.6 is 11.3 Å². The lowest BCUT2D eigenvalue weighted by Gasteiger charge is -2.29. The van der Waals surface area contributed by atoms with Crippen LogP contribution in [0.15, 0.2) is 22.5 Å². The summed E-state index contributed by atoms with van der Waals surface area (Å²) >= 11 is 1.75. The van der Waals surface area contributed by atoms with E-state index in [0.717, 1.165) is 13.0 Å². The van der Waals surface area contributed by atoms with E-state index in [-0.39, 0.29) is 0 Å². The van der Waals surface area contributed by atoms with Gasteiger partial charge in [0.25, 0.3) is 0 Å². The van der Waals surface area contributed by atoms with Crippen LogP contribution < -0.4 is 16.0 Å². The number of nitrogens with zero attached hydrogens (tertiary/aromatic N) is 1. The molecule has 7 heteroatoms. The number of rotatable bonds is 6. The summed E-state index contributed by atoms with van der Waals surface area (Å²) in [6, 6.07) is 4.17. The van der Waals surface area contributed by atoms with Crippen LogP contribution in [-0.2, 0) is 11.2 Å². The number of amides is 1. The van der Waals surface area contributed by atoms with Crippen molar-refractivity contribution >= 4 is 23.4 Å². The third kappa shape index (κ3) is 8.76. The maximum Gasteiger partial charge on any atom is 0.408 e. The minimum absolute atomic E-state index is 0.421. The Morgan fingerprint density at radius 1 is 1.25 bits per heavy atom. The van der Waals surface area contributed by atoms with Gasteiger partial charge in [0.05, 0.1) is 5.54 Å². The molecule has 1 heterocycles. The van der Waals surface area contributed by atoms with Gasteiger partial charge in [-0.15, -0.1) is 11.3 Å². The Bertz CT molecular complexity index is 533. The summed E-state index contributed by atoms with van der Waals surface area (Å²) in [4.78, 5) is 17.4. The van der Waals surface area contributed by atoms with E-state index < -0.39 is 17.2 Å². The van der Waals surface area contributed by atoms with Crippen LogP contribution in [0.3, 0.4) is 0 Å². The molecule has 1 amide bonds. The van der Waals surface area contributed by atoms with Crippen LogP contribution in [0, 0.1) is 0 Å². The Labute approximate surface area is 149 Å². The molecule has 1 rings (SSSR count). The molecule has 0 atom stereocenters. The zero-order chi connectivity index (χ0) is 18.2. The number of nitrogens with one attached hydrogen (secondary N) is 3. The van der Waals surface area contributed by atoms with Gasteiger partial charge in [-0.05, 0) is 52.5 Å². The smallest absolute Gasteiger partial charge is 0.408 e. The Hall–Kier alpha value is -1.76. The first-order valence-corrected chi connectivity index (χ1v) is 8.97. The Kier molecular flexibility index (Phi) is 7.54. The SMILES string of the molecule is CN=C(NCCc1cccs1)NCC(C)(C)NC(=O)OC(C)(C)C. The van der Waals surface area contributed by atoms with Crippen molar-refractivity contribution in [2.24, 2.45) is 4.99 Å². The third-order valence-electron chi connectivity index (χ3n) is 3.00. The average molecular weight is 355 g/mol. The number of thiophene rings is 1. The van der Waals surface area contributed by atoms with Gasteiger partial charge >= 0.3 is 6.09 Å². The highest BCUT2D eigenvalue weighted by atomic mass is 32.1. The van der Waals surface area contributed by atoms with Gasteiger partial charge in [-0.2, -0.15) is 0 Å². The lowest BCUT2D eigenvalue weighted by molar-refractivity contribution is 0.0474. The molecule has 3 N–H and O–H groups in total. The molecule has 0 saturated heterocycles. The summed E-state index contributed by atoms with van der Waals surface area (Å²) in [5.41, 5.74) is -0.972. The van der Waals surface area contributed by atoms with E-state index in [2.05, 4.69) is 38.5 Å². The van der Waals surface area contributed by atoms with Crippen molar-refractivity contribution in [1.29, 1.82) is 0 Å². The molecule has 136 valence electrons. The van der Waals surface area contributed by atoms with E-state index in [1.165, 1.54) is 4.88 Å². The monoisotopic (exact) mass is 354 g/mol. The number of carbonyl (C=O) groups is 1. The van der Waals surface area contributed by atoms with E-state index in [1.54, 1.807) is 18.4 Å². The first kappa shape index (κ1) is 20.3. The fourth-order valence-corrected chi connectivity index (χ4v) is 2.62. The van der Waals surface area contributed by atoms with Gasteiger partial charge in [-0.1, -0.05) is 6.07 Å². The largest absolute Gasteiger partial charge is 0.444 e. The van der Waals surface area contributed by atoms with Crippen molar-refractivity contribution in [1.82, 2.24) is 16.0 Å². The molecule has 6 nitrogen and oxygen atoms in total. The highest BCUT2D eigenvalue weighted by Crippen LogP contribution is 2.09. The predicted octanol–water partition coefficient (Wildman–Crippen LogP) is 2.76. The Balaban J connectivity index is 2.36. The molecular formula is C17H30N4O2S. The van der Waals surface area contributed by atoms with E-state index in [0.29, 0.717) is 12.5 Å². The van der Waals surface area contributed by atoms with Crippen LogP contribution in [0.4, 0.5) is 4.79 Å². The molecule has 0 aliphatic carbocycles. The molecule has 0 spiro atoms. The molecule has 0 aliphatic rings. The van der Waals surface area contributed by atoms with Crippen molar-refractivity contribution < 1.29 is 9.53 Å². The Morgan fingerprint density at radius 2 is 1.96 bits per heavy atom. The first-order valence-electron chi connectivity index (χ1n) is 8.09. The molecule has 0 radical (unpaired) electrons. The van der Waals surface area contributed by atoms with Gasteiger partial charge in [0, 0.05) is 25.0 Å². The Morgan fingerprint density at radius 3 is 2.50 bits per heavy atom. The molecule has 24 heavy (non-hydrogen) atoms. The van der Waals surface area contributed by atoms with E-state index in [1.807, 2.05) is 34.6 Å². The van der Waals surface area contributed by atoms with E-state index >= 15 is 0 Å². The summed E-state index contributed by atoms with van der Waals surface area (Å²) < 4.78 is 5.29. The second-order valence-electron chi connectivity index (χ2n) is 7.19. The number of alkyl carbamates (subject to hydrolysis) is 1. The van der Waals surface area contributed by atoms with E-state index in [9.17, 15) is 4.79 Å². The second-order valence-corrected chi connectivity index (χ2v) is 8.22. The molecule has 0 saturated carbocycles. The van der Waals surface area contributed by atoms with Gasteiger partial charge in [0.2, 0.25) is 0 Å². The number of hydrogen-bond acceptors (Lipinski definition) is 4. The minimum atomic E-state index is -0.507. The van der Waals surface area contributed by atoms with Crippen LogP contribution in [0.25, 0.3) is 0 Å². The van der Waals surface area contributed by atoms with Crippen molar-refractivity contribution in [2.45, 2.75) is 52.2 Å². The van der Waals surface area contributed by atoms with Gasteiger partial charge in [0.1, 0.15) is 5.60 Å². The summed E-state index contributed by atoms with van der Waals surface area (Å²) in [7, 11) is 1.73. The fraction of sp³-hybridized carbons (Fsp3) is 0.647. The lowest BCUT2D eigenvalue weighted by atomic mass is 10.1. The first-order chi connectivity index (χ1) is 11.1. The molecule has 0 aromatic carbocycles. The van der Waals surface area contributed by atoms with Crippen LogP contribution in [-0.4, -0.2) is 43.3 Å². The highest BCUT2D eigenvalue weighted by Gasteiger charge is 2.24. The van der Waals surface area contributed by atoms with Gasteiger partial charge in [-0.3, -0.25) is 4.99 Å². The number of aliphatic imine (C=N–C) groups is 1. The zero-order valence-corrected chi connectivity index (χ0v) is 16.3. The molecule has 0 fully saturated rings. The van der Waals surface area contributed by atoms with Gasteiger partial charge < -0.3 is 20.7 Å². The standard InChI is InChI=1S/C17H30N4O2S/c1-16(2,3)23-15(22)21-17(4,5)12-20-14(18-6)19-10-9-13-8-7-11-24-13/h7-8,11H,9-10,12H2,1-6H3,(H,21,22)(H2,18,19,20). The highest BCUT2D eigenvalue weighted by molar-refractivity contribution is 7.09. The maximum absolute atomic E-state index is 11.9. The van der Waals surface area contributed by atoms with Crippen molar-refractivity contribution in [2.75, 3.05) is 20.1 Å². The molecule has 1 aromatic heterocycles. The normalized spacial score (nSPS) is 12.7. The topological polar surface area (TPSA) is 74.8 Å². The number of ether oxygens (including phenoxy) is 1. The number of hydrogen-bond donors (Lipinski definition) is 3.